The summed E-state index contributed by atoms with van der Waals surface area (Å²) in [5.41, 5.74) is 6.98. The molecule has 0 fully saturated rings. The van der Waals surface area contributed by atoms with Crippen LogP contribution < -0.4 is 15.8 Å². The molecule has 0 radical (unpaired) electrons. The smallest absolute Gasteiger partial charge is 0.251 e. The van der Waals surface area contributed by atoms with Crippen molar-refractivity contribution >= 4 is 11.6 Å². The fraction of sp³-hybridized carbons (Fsp3) is 0.562. The predicted octanol–water partition coefficient (Wildman–Crippen LogP) is 2.46. The molecule has 0 aliphatic carbocycles. The molecule has 1 aromatic rings. The summed E-state index contributed by atoms with van der Waals surface area (Å²) < 4.78 is 10.6. The zero-order valence-electron chi connectivity index (χ0n) is 13.1. The standard InChI is InChI=1S/C16H26N2O3/c1-12(2)7-10-21-15-11-13(5-6-14(15)17)16(19)18-8-4-9-20-3/h5-6,11-12H,4,7-10,17H2,1-3H3,(H,18,19). The van der Waals surface area contributed by atoms with Crippen molar-refractivity contribution < 1.29 is 14.3 Å². The molecule has 0 aliphatic rings. The minimum Gasteiger partial charge on any atom is -0.491 e. The SMILES string of the molecule is COCCCNC(=O)c1ccc(N)c(OCCC(C)C)c1. The van der Waals surface area contributed by atoms with E-state index in [9.17, 15) is 4.79 Å². The Bertz CT molecular complexity index is 447. The summed E-state index contributed by atoms with van der Waals surface area (Å²) in [6.45, 7) is 6.08. The monoisotopic (exact) mass is 294 g/mol. The molecule has 0 bridgehead atoms. The van der Waals surface area contributed by atoms with E-state index < -0.39 is 0 Å². The maximum Gasteiger partial charge on any atom is 0.251 e. The third-order valence-corrected chi connectivity index (χ3v) is 3.04. The molecule has 1 amide bonds. The fourth-order valence-electron chi connectivity index (χ4n) is 1.73. The average molecular weight is 294 g/mol. The van der Waals surface area contributed by atoms with E-state index in [1.165, 1.54) is 0 Å². The van der Waals surface area contributed by atoms with Crippen molar-refractivity contribution in [2.75, 3.05) is 32.6 Å². The lowest BCUT2D eigenvalue weighted by Gasteiger charge is -2.12. The normalized spacial score (nSPS) is 10.7. The molecule has 0 atom stereocenters. The van der Waals surface area contributed by atoms with Crippen LogP contribution in [0.5, 0.6) is 5.75 Å². The van der Waals surface area contributed by atoms with Gasteiger partial charge < -0.3 is 20.5 Å². The van der Waals surface area contributed by atoms with E-state index in [1.54, 1.807) is 25.3 Å². The molecule has 1 rings (SSSR count). The number of nitrogens with two attached hydrogens (primary N) is 1. The molecule has 0 aromatic heterocycles. The van der Waals surface area contributed by atoms with Gasteiger partial charge in [-0.3, -0.25) is 4.79 Å². The van der Waals surface area contributed by atoms with Crippen molar-refractivity contribution in [1.82, 2.24) is 5.32 Å². The van der Waals surface area contributed by atoms with E-state index in [0.717, 1.165) is 12.8 Å². The lowest BCUT2D eigenvalue weighted by Crippen LogP contribution is -2.25. The molecule has 0 unspecified atom stereocenters. The number of nitrogens with one attached hydrogen (secondary N) is 1. The maximum atomic E-state index is 12.0. The van der Waals surface area contributed by atoms with Crippen LogP contribution in [0, 0.1) is 5.92 Å². The van der Waals surface area contributed by atoms with Crippen molar-refractivity contribution in [1.29, 1.82) is 0 Å². The Labute approximate surface area is 126 Å². The van der Waals surface area contributed by atoms with Gasteiger partial charge in [-0.05, 0) is 37.0 Å². The molecule has 0 spiro atoms. The Morgan fingerprint density at radius 3 is 2.76 bits per heavy atom. The summed E-state index contributed by atoms with van der Waals surface area (Å²) in [6.07, 6.45) is 1.74. The van der Waals surface area contributed by atoms with Gasteiger partial charge in [0.1, 0.15) is 5.75 Å². The van der Waals surface area contributed by atoms with Crippen molar-refractivity contribution in [3.63, 3.8) is 0 Å². The summed E-state index contributed by atoms with van der Waals surface area (Å²) in [6, 6.07) is 5.10. The Hall–Kier alpha value is -1.75. The topological polar surface area (TPSA) is 73.6 Å². The molecular formula is C16H26N2O3. The number of nitrogen functional groups attached to an aromatic ring is 1. The van der Waals surface area contributed by atoms with Crippen molar-refractivity contribution in [3.05, 3.63) is 23.8 Å². The molecule has 0 aliphatic heterocycles. The van der Waals surface area contributed by atoms with Crippen LogP contribution in [-0.4, -0.2) is 32.8 Å². The van der Waals surface area contributed by atoms with Crippen LogP contribution in [-0.2, 0) is 4.74 Å². The van der Waals surface area contributed by atoms with E-state index in [4.69, 9.17) is 15.2 Å². The van der Waals surface area contributed by atoms with Crippen LogP contribution in [0.4, 0.5) is 5.69 Å². The zero-order chi connectivity index (χ0) is 15.7. The first-order valence-electron chi connectivity index (χ1n) is 7.34. The number of hydrogen-bond donors (Lipinski definition) is 2. The van der Waals surface area contributed by atoms with Gasteiger partial charge in [0.05, 0.1) is 12.3 Å². The van der Waals surface area contributed by atoms with Gasteiger partial charge in [-0.1, -0.05) is 13.8 Å². The average Bonchev–Trinajstić information content (AvgIpc) is 2.45. The first-order chi connectivity index (χ1) is 10.0. The highest BCUT2D eigenvalue weighted by Gasteiger charge is 2.09. The first-order valence-corrected chi connectivity index (χ1v) is 7.34. The number of carbonyl (C=O) groups is 1. The van der Waals surface area contributed by atoms with E-state index in [2.05, 4.69) is 19.2 Å². The molecule has 3 N–H and O–H groups in total. The van der Waals surface area contributed by atoms with Crippen LogP contribution >= 0.6 is 0 Å². The highest BCUT2D eigenvalue weighted by molar-refractivity contribution is 5.95. The maximum absolute atomic E-state index is 12.0. The number of benzene rings is 1. The van der Waals surface area contributed by atoms with Crippen molar-refractivity contribution in [2.45, 2.75) is 26.7 Å². The molecule has 21 heavy (non-hydrogen) atoms. The minimum absolute atomic E-state index is 0.125. The number of carbonyl (C=O) groups excluding carboxylic acids is 1. The van der Waals surface area contributed by atoms with E-state index in [-0.39, 0.29) is 5.91 Å². The molecule has 5 nitrogen and oxygen atoms in total. The van der Waals surface area contributed by atoms with E-state index in [0.29, 0.717) is 42.7 Å². The second-order valence-electron chi connectivity index (χ2n) is 5.39. The third-order valence-electron chi connectivity index (χ3n) is 3.04. The molecule has 0 saturated carbocycles. The Morgan fingerprint density at radius 1 is 1.33 bits per heavy atom. The van der Waals surface area contributed by atoms with Crippen LogP contribution in [0.25, 0.3) is 0 Å². The molecule has 0 saturated heterocycles. The lowest BCUT2D eigenvalue weighted by atomic mass is 10.1. The van der Waals surface area contributed by atoms with Gasteiger partial charge in [-0.25, -0.2) is 0 Å². The number of amides is 1. The molecule has 118 valence electrons. The Balaban J connectivity index is 2.56. The Kier molecular flexibility index (Phi) is 7.61. The fourth-order valence-corrected chi connectivity index (χ4v) is 1.73. The second-order valence-corrected chi connectivity index (χ2v) is 5.39. The van der Waals surface area contributed by atoms with Gasteiger partial charge in [0.25, 0.3) is 5.91 Å². The Morgan fingerprint density at radius 2 is 2.10 bits per heavy atom. The van der Waals surface area contributed by atoms with Gasteiger partial charge in [0.2, 0.25) is 0 Å². The van der Waals surface area contributed by atoms with Gasteiger partial charge in [0.15, 0.2) is 0 Å². The number of hydrogen-bond acceptors (Lipinski definition) is 4. The zero-order valence-corrected chi connectivity index (χ0v) is 13.1. The minimum atomic E-state index is -0.125. The summed E-state index contributed by atoms with van der Waals surface area (Å²) in [5, 5.41) is 2.84. The van der Waals surface area contributed by atoms with Gasteiger partial charge in [-0.15, -0.1) is 0 Å². The summed E-state index contributed by atoms with van der Waals surface area (Å²) in [5.74, 6) is 1.01. The summed E-state index contributed by atoms with van der Waals surface area (Å²) in [4.78, 5) is 12.0. The highest BCUT2D eigenvalue weighted by atomic mass is 16.5. The predicted molar refractivity (Wildman–Crippen MR) is 84.6 cm³/mol. The van der Waals surface area contributed by atoms with Crippen molar-refractivity contribution in [2.24, 2.45) is 5.92 Å². The molecule has 1 aromatic carbocycles. The van der Waals surface area contributed by atoms with Crippen molar-refractivity contribution in [3.8, 4) is 5.75 Å². The summed E-state index contributed by atoms with van der Waals surface area (Å²) in [7, 11) is 1.64. The largest absolute Gasteiger partial charge is 0.491 e. The number of ether oxygens (including phenoxy) is 2. The van der Waals surface area contributed by atoms with Crippen LogP contribution in [0.1, 0.15) is 37.0 Å². The van der Waals surface area contributed by atoms with E-state index in [1.807, 2.05) is 0 Å². The quantitative estimate of drug-likeness (QED) is 0.542. The third kappa shape index (κ3) is 6.49. The molecule has 5 heteroatoms. The van der Waals surface area contributed by atoms with E-state index >= 15 is 0 Å². The number of methoxy groups -OCH3 is 1. The highest BCUT2D eigenvalue weighted by Crippen LogP contribution is 2.23. The first kappa shape index (κ1) is 17.3. The van der Waals surface area contributed by atoms with Crippen LogP contribution in [0.2, 0.25) is 0 Å². The van der Waals surface area contributed by atoms with Gasteiger partial charge in [-0.2, -0.15) is 0 Å². The second kappa shape index (κ2) is 9.23. The molecular weight excluding hydrogens is 268 g/mol. The van der Waals surface area contributed by atoms with Gasteiger partial charge in [0, 0.05) is 25.8 Å². The number of rotatable bonds is 9. The van der Waals surface area contributed by atoms with Crippen LogP contribution in [0.3, 0.4) is 0 Å². The van der Waals surface area contributed by atoms with Crippen LogP contribution in [0.15, 0.2) is 18.2 Å². The van der Waals surface area contributed by atoms with Gasteiger partial charge >= 0.3 is 0 Å². The number of anilines is 1. The molecule has 0 heterocycles. The lowest BCUT2D eigenvalue weighted by molar-refractivity contribution is 0.0948. The summed E-state index contributed by atoms with van der Waals surface area (Å²) >= 11 is 0.